The van der Waals surface area contributed by atoms with E-state index < -0.39 is 10.0 Å². The van der Waals surface area contributed by atoms with Gasteiger partial charge in [-0.25, -0.2) is 8.42 Å². The number of sulfonamides is 1. The van der Waals surface area contributed by atoms with Crippen molar-refractivity contribution in [3.05, 3.63) is 77.9 Å². The summed E-state index contributed by atoms with van der Waals surface area (Å²) in [6.45, 7) is 3.70. The predicted molar refractivity (Wildman–Crippen MR) is 120 cm³/mol. The Morgan fingerprint density at radius 3 is 2.30 bits per heavy atom. The molecule has 1 amide bonds. The molecule has 0 unspecified atom stereocenters. The van der Waals surface area contributed by atoms with Gasteiger partial charge in [0.1, 0.15) is 6.54 Å². The normalized spacial score (nSPS) is 14.0. The quantitative estimate of drug-likeness (QED) is 0.631. The van der Waals surface area contributed by atoms with Crippen molar-refractivity contribution in [2.45, 2.75) is 25.2 Å². The Hall–Kier alpha value is -3.12. The molecule has 0 atom stereocenters. The van der Waals surface area contributed by atoms with Gasteiger partial charge >= 0.3 is 0 Å². The number of fused-ring (bicyclic) bond motifs is 3. The first-order valence-electron chi connectivity index (χ1n) is 9.91. The molecular formula is C24H24N2O3S. The first kappa shape index (κ1) is 20.2. The summed E-state index contributed by atoms with van der Waals surface area (Å²) in [5, 5.41) is 0. The lowest BCUT2D eigenvalue weighted by Gasteiger charge is -2.32. The van der Waals surface area contributed by atoms with Gasteiger partial charge in [-0.15, -0.1) is 0 Å². The summed E-state index contributed by atoms with van der Waals surface area (Å²) < 4.78 is 28.4. The summed E-state index contributed by atoms with van der Waals surface area (Å²) in [4.78, 5) is 14.7. The number of benzene rings is 3. The number of hydrogen-bond acceptors (Lipinski definition) is 3. The Labute approximate surface area is 177 Å². The van der Waals surface area contributed by atoms with Crippen LogP contribution in [-0.4, -0.2) is 27.9 Å². The SMILES string of the molecule is CCc1ccc2c(c1)-c1ccccc1N(C)C(=O)CN2S(=O)(=O)c1ccc(C)cc1. The second-order valence-corrected chi connectivity index (χ2v) is 9.36. The van der Waals surface area contributed by atoms with E-state index >= 15 is 0 Å². The van der Waals surface area contributed by atoms with Crippen LogP contribution in [0.5, 0.6) is 0 Å². The van der Waals surface area contributed by atoms with Crippen LogP contribution in [0.4, 0.5) is 11.4 Å². The maximum Gasteiger partial charge on any atom is 0.264 e. The standard InChI is InChI=1S/C24H24N2O3S/c1-4-18-11-14-23-21(15-18)20-7-5-6-8-22(20)25(3)24(27)16-26(23)30(28,29)19-12-9-17(2)10-13-19/h5-15H,4,16H2,1-3H3. The zero-order valence-corrected chi connectivity index (χ0v) is 18.1. The predicted octanol–water partition coefficient (Wildman–Crippen LogP) is 4.40. The van der Waals surface area contributed by atoms with Gasteiger partial charge in [0.05, 0.1) is 16.3 Å². The fourth-order valence-corrected chi connectivity index (χ4v) is 5.16. The summed E-state index contributed by atoms with van der Waals surface area (Å²) in [5.41, 5.74) is 5.00. The number of anilines is 2. The minimum absolute atomic E-state index is 0.169. The first-order chi connectivity index (χ1) is 14.3. The maximum atomic E-state index is 13.6. The zero-order valence-electron chi connectivity index (χ0n) is 17.3. The van der Waals surface area contributed by atoms with Gasteiger partial charge in [-0.05, 0) is 49.2 Å². The van der Waals surface area contributed by atoms with Gasteiger partial charge in [-0.1, -0.05) is 48.9 Å². The third-order valence-electron chi connectivity index (χ3n) is 5.56. The Morgan fingerprint density at radius 2 is 1.60 bits per heavy atom. The number of nitrogens with zero attached hydrogens (tertiary/aromatic N) is 2. The van der Waals surface area contributed by atoms with Crippen LogP contribution in [0.3, 0.4) is 0 Å². The summed E-state index contributed by atoms with van der Waals surface area (Å²) in [6.07, 6.45) is 0.828. The molecule has 6 heteroatoms. The molecule has 30 heavy (non-hydrogen) atoms. The van der Waals surface area contributed by atoms with Gasteiger partial charge in [0.15, 0.2) is 0 Å². The average Bonchev–Trinajstić information content (AvgIpc) is 2.76. The van der Waals surface area contributed by atoms with E-state index in [9.17, 15) is 13.2 Å². The highest BCUT2D eigenvalue weighted by atomic mass is 32.2. The van der Waals surface area contributed by atoms with Crippen molar-refractivity contribution < 1.29 is 13.2 Å². The highest BCUT2D eigenvalue weighted by Gasteiger charge is 2.33. The van der Waals surface area contributed by atoms with Crippen LogP contribution < -0.4 is 9.21 Å². The molecule has 1 heterocycles. The molecule has 1 aliphatic rings. The molecule has 4 rings (SSSR count). The third kappa shape index (κ3) is 3.37. The monoisotopic (exact) mass is 420 g/mol. The van der Waals surface area contributed by atoms with Crippen molar-refractivity contribution >= 4 is 27.3 Å². The van der Waals surface area contributed by atoms with Crippen LogP contribution >= 0.6 is 0 Å². The number of hydrogen-bond donors (Lipinski definition) is 0. The largest absolute Gasteiger partial charge is 0.313 e. The molecule has 1 aliphatic heterocycles. The summed E-state index contributed by atoms with van der Waals surface area (Å²) in [6, 6.07) is 20.1. The summed E-state index contributed by atoms with van der Waals surface area (Å²) in [7, 11) is -2.24. The molecule has 3 aromatic rings. The van der Waals surface area contributed by atoms with E-state index in [4.69, 9.17) is 0 Å². The molecule has 0 N–H and O–H groups in total. The second kappa shape index (κ2) is 7.61. The van der Waals surface area contributed by atoms with E-state index in [2.05, 4.69) is 6.92 Å². The molecule has 0 fully saturated rings. The smallest absolute Gasteiger partial charge is 0.264 e. The van der Waals surface area contributed by atoms with Gasteiger partial charge in [-0.3, -0.25) is 9.10 Å². The molecule has 0 saturated heterocycles. The molecule has 0 aliphatic carbocycles. The van der Waals surface area contributed by atoms with E-state index in [0.29, 0.717) is 5.69 Å². The van der Waals surface area contributed by atoms with Crippen LogP contribution in [0.15, 0.2) is 71.6 Å². The van der Waals surface area contributed by atoms with E-state index in [1.54, 1.807) is 31.3 Å². The van der Waals surface area contributed by atoms with Crippen molar-refractivity contribution in [1.29, 1.82) is 0 Å². The summed E-state index contributed by atoms with van der Waals surface area (Å²) >= 11 is 0. The Bertz CT molecular complexity index is 1220. The van der Waals surface area contributed by atoms with Crippen LogP contribution in [0.1, 0.15) is 18.1 Å². The Balaban J connectivity index is 1.99. The molecular weight excluding hydrogens is 396 g/mol. The van der Waals surface area contributed by atoms with Gasteiger partial charge in [0.25, 0.3) is 10.0 Å². The van der Waals surface area contributed by atoms with Crippen molar-refractivity contribution in [1.82, 2.24) is 0 Å². The number of para-hydroxylation sites is 1. The lowest BCUT2D eigenvalue weighted by molar-refractivity contribution is -0.116. The van der Waals surface area contributed by atoms with Gasteiger partial charge < -0.3 is 4.90 Å². The molecule has 0 saturated carbocycles. The zero-order chi connectivity index (χ0) is 21.5. The lowest BCUT2D eigenvalue weighted by Crippen LogP contribution is -2.43. The van der Waals surface area contributed by atoms with E-state index in [1.807, 2.05) is 49.4 Å². The van der Waals surface area contributed by atoms with E-state index in [-0.39, 0.29) is 17.3 Å². The second-order valence-electron chi connectivity index (χ2n) is 7.50. The molecule has 5 nitrogen and oxygen atoms in total. The Morgan fingerprint density at radius 1 is 0.900 bits per heavy atom. The van der Waals surface area contributed by atoms with Crippen molar-refractivity contribution in [2.24, 2.45) is 0 Å². The van der Waals surface area contributed by atoms with Crippen molar-refractivity contribution in [3.8, 4) is 11.1 Å². The number of likely N-dealkylation sites (N-methyl/N-ethyl adjacent to an activating group) is 1. The maximum absolute atomic E-state index is 13.6. The number of carbonyl (C=O) groups excluding carboxylic acids is 1. The van der Waals surface area contributed by atoms with Gasteiger partial charge in [0.2, 0.25) is 5.91 Å². The molecule has 0 aromatic heterocycles. The van der Waals surface area contributed by atoms with Crippen LogP contribution in [-0.2, 0) is 21.2 Å². The molecule has 0 radical (unpaired) electrons. The third-order valence-corrected chi connectivity index (χ3v) is 7.33. The van der Waals surface area contributed by atoms with Crippen LogP contribution in [0, 0.1) is 6.92 Å². The fourth-order valence-electron chi connectivity index (χ4n) is 3.73. The highest BCUT2D eigenvalue weighted by molar-refractivity contribution is 7.92. The van der Waals surface area contributed by atoms with E-state index in [1.165, 1.54) is 9.21 Å². The summed E-state index contributed by atoms with van der Waals surface area (Å²) in [5.74, 6) is -0.289. The van der Waals surface area contributed by atoms with Crippen LogP contribution in [0.2, 0.25) is 0 Å². The molecule has 0 bridgehead atoms. The number of rotatable bonds is 3. The average molecular weight is 421 g/mol. The Kier molecular flexibility index (Phi) is 5.12. The number of aryl methyl sites for hydroxylation is 2. The number of carbonyl (C=O) groups is 1. The number of amides is 1. The minimum Gasteiger partial charge on any atom is -0.313 e. The lowest BCUT2D eigenvalue weighted by atomic mass is 9.97. The fraction of sp³-hybridized carbons (Fsp3) is 0.208. The molecule has 3 aromatic carbocycles. The van der Waals surface area contributed by atoms with Crippen molar-refractivity contribution in [3.63, 3.8) is 0 Å². The van der Waals surface area contributed by atoms with E-state index in [0.717, 1.165) is 34.4 Å². The highest BCUT2D eigenvalue weighted by Crippen LogP contribution is 2.41. The molecule has 154 valence electrons. The van der Waals surface area contributed by atoms with Gasteiger partial charge in [0, 0.05) is 18.2 Å². The molecule has 0 spiro atoms. The van der Waals surface area contributed by atoms with Crippen LogP contribution in [0.25, 0.3) is 11.1 Å². The first-order valence-corrected chi connectivity index (χ1v) is 11.3. The topological polar surface area (TPSA) is 57.7 Å². The van der Waals surface area contributed by atoms with Crippen molar-refractivity contribution in [2.75, 3.05) is 22.8 Å². The van der Waals surface area contributed by atoms with Gasteiger partial charge in [-0.2, -0.15) is 0 Å². The minimum atomic E-state index is -3.92.